The number of hydrogen-bond acceptors (Lipinski definition) is 6. The van der Waals surface area contributed by atoms with Crippen LogP contribution in [0.3, 0.4) is 0 Å². The Morgan fingerprint density at radius 2 is 2.15 bits per heavy atom. The predicted octanol–water partition coefficient (Wildman–Crippen LogP) is 3.07. The van der Waals surface area contributed by atoms with Crippen LogP contribution in [-0.2, 0) is 12.3 Å². The largest absolute Gasteiger partial charge is 0.329 e. The van der Waals surface area contributed by atoms with Crippen LogP contribution in [0.2, 0.25) is 0 Å². The van der Waals surface area contributed by atoms with Gasteiger partial charge < -0.3 is 4.98 Å². The number of aromatic amines is 1. The summed E-state index contributed by atoms with van der Waals surface area (Å²) >= 11 is 1.53. The van der Waals surface area contributed by atoms with Crippen molar-refractivity contribution in [2.24, 2.45) is 5.92 Å². The normalized spacial score (nSPS) is 14.3. The molecule has 0 amide bonds. The van der Waals surface area contributed by atoms with Gasteiger partial charge in [0, 0.05) is 6.54 Å². The monoisotopic (exact) mass is 378 g/mol. The molecule has 0 unspecified atom stereocenters. The molecule has 0 radical (unpaired) electrons. The topological polar surface area (TPSA) is 89.3 Å². The number of imidazole rings is 1. The molecular weight excluding hydrogens is 360 g/mol. The molecule has 27 heavy (non-hydrogen) atoms. The lowest BCUT2D eigenvalue weighted by molar-refractivity contribution is 0.581. The van der Waals surface area contributed by atoms with Crippen molar-refractivity contribution >= 4 is 33.8 Å². The second kappa shape index (κ2) is 6.45. The van der Waals surface area contributed by atoms with Crippen LogP contribution in [0, 0.1) is 12.8 Å². The minimum absolute atomic E-state index is 0.0632. The van der Waals surface area contributed by atoms with Gasteiger partial charge in [0.2, 0.25) is 0 Å². The van der Waals surface area contributed by atoms with Gasteiger partial charge in [0.05, 0.1) is 23.0 Å². The zero-order valence-electron chi connectivity index (χ0n) is 14.8. The van der Waals surface area contributed by atoms with Crippen molar-refractivity contribution in [1.82, 2.24) is 29.5 Å². The van der Waals surface area contributed by atoms with E-state index in [1.54, 1.807) is 6.33 Å². The van der Waals surface area contributed by atoms with E-state index < -0.39 is 0 Å². The molecule has 0 atom stereocenters. The van der Waals surface area contributed by atoms with Crippen molar-refractivity contribution in [3.05, 3.63) is 52.6 Å². The average molecular weight is 378 g/mol. The number of thioether (sulfide) groups is 1. The number of hydrogen-bond donors (Lipinski definition) is 1. The van der Waals surface area contributed by atoms with Gasteiger partial charge in [-0.05, 0) is 37.3 Å². The Morgan fingerprint density at radius 3 is 3.00 bits per heavy atom. The third kappa shape index (κ3) is 2.99. The highest BCUT2D eigenvalue weighted by Gasteiger charge is 2.24. The molecule has 1 saturated carbocycles. The minimum Gasteiger partial charge on any atom is -0.329 e. The Morgan fingerprint density at radius 1 is 1.26 bits per heavy atom. The quantitative estimate of drug-likeness (QED) is 0.424. The Kier molecular flexibility index (Phi) is 3.93. The molecule has 7 nitrogen and oxygen atoms in total. The van der Waals surface area contributed by atoms with Gasteiger partial charge in [-0.1, -0.05) is 23.9 Å². The molecule has 1 fully saturated rings. The second-order valence-corrected chi connectivity index (χ2v) is 7.89. The van der Waals surface area contributed by atoms with E-state index >= 15 is 0 Å². The third-order valence-electron chi connectivity index (χ3n) is 4.93. The van der Waals surface area contributed by atoms with E-state index in [9.17, 15) is 4.79 Å². The lowest BCUT2D eigenvalue weighted by atomic mass is 10.1. The first kappa shape index (κ1) is 16.4. The second-order valence-electron chi connectivity index (χ2n) is 6.92. The zero-order chi connectivity index (χ0) is 18.4. The SMILES string of the molecule is Cc1cccc2nc(CSc3ncnc4[nH]cnc34)n(CC3CC3)c(=O)c12. The molecule has 0 bridgehead atoms. The minimum atomic E-state index is 0.0632. The van der Waals surface area contributed by atoms with Gasteiger partial charge in [-0.15, -0.1) is 0 Å². The highest BCUT2D eigenvalue weighted by atomic mass is 32.2. The van der Waals surface area contributed by atoms with E-state index in [4.69, 9.17) is 4.98 Å². The maximum absolute atomic E-state index is 13.2. The van der Waals surface area contributed by atoms with Gasteiger partial charge in [0.1, 0.15) is 22.7 Å². The molecule has 136 valence electrons. The molecule has 1 aliphatic rings. The predicted molar refractivity (Wildman–Crippen MR) is 105 cm³/mol. The van der Waals surface area contributed by atoms with E-state index in [1.165, 1.54) is 30.9 Å². The van der Waals surface area contributed by atoms with E-state index in [0.29, 0.717) is 17.3 Å². The summed E-state index contributed by atoms with van der Waals surface area (Å²) in [5.74, 6) is 1.94. The molecule has 0 spiro atoms. The molecule has 0 saturated heterocycles. The lowest BCUT2D eigenvalue weighted by Gasteiger charge is -2.14. The van der Waals surface area contributed by atoms with Gasteiger partial charge in [0.15, 0.2) is 5.65 Å². The van der Waals surface area contributed by atoms with Crippen molar-refractivity contribution in [2.45, 2.75) is 37.1 Å². The standard InChI is InChI=1S/C19H18N6OS/c1-11-3-2-4-13-15(11)19(26)25(7-12-5-6-12)14(24-13)8-27-18-16-17(21-9-20-16)22-10-23-18/h2-4,9-10,12H,5-8H2,1H3,(H,20,21,22,23). The number of benzene rings is 1. The maximum atomic E-state index is 13.2. The van der Waals surface area contributed by atoms with Crippen molar-refractivity contribution in [3.8, 4) is 0 Å². The first-order chi connectivity index (χ1) is 13.2. The van der Waals surface area contributed by atoms with Gasteiger partial charge in [-0.2, -0.15) is 0 Å². The highest BCUT2D eigenvalue weighted by molar-refractivity contribution is 7.98. The molecule has 3 aromatic heterocycles. The smallest absolute Gasteiger partial charge is 0.261 e. The Labute approximate surface area is 159 Å². The summed E-state index contributed by atoms with van der Waals surface area (Å²) in [5, 5.41) is 1.52. The van der Waals surface area contributed by atoms with E-state index in [1.807, 2.05) is 29.7 Å². The first-order valence-corrected chi connectivity index (χ1v) is 9.95. The van der Waals surface area contributed by atoms with Crippen LogP contribution < -0.4 is 5.56 Å². The van der Waals surface area contributed by atoms with Crippen LogP contribution in [-0.4, -0.2) is 29.5 Å². The van der Waals surface area contributed by atoms with Gasteiger partial charge >= 0.3 is 0 Å². The summed E-state index contributed by atoms with van der Waals surface area (Å²) in [6.45, 7) is 2.71. The molecular formula is C19H18N6OS. The fourth-order valence-electron chi connectivity index (χ4n) is 3.31. The number of nitrogens with zero attached hydrogens (tertiary/aromatic N) is 5. The molecule has 0 aliphatic heterocycles. The van der Waals surface area contributed by atoms with Crippen LogP contribution in [0.15, 0.2) is 40.7 Å². The fraction of sp³-hybridized carbons (Fsp3) is 0.316. The number of aromatic nitrogens is 6. The van der Waals surface area contributed by atoms with Crippen molar-refractivity contribution in [2.75, 3.05) is 0 Å². The average Bonchev–Trinajstić information content (AvgIpc) is 3.35. The molecule has 3 heterocycles. The summed E-state index contributed by atoms with van der Waals surface area (Å²) < 4.78 is 1.86. The van der Waals surface area contributed by atoms with Crippen LogP contribution in [0.25, 0.3) is 22.1 Å². The first-order valence-electron chi connectivity index (χ1n) is 8.96. The van der Waals surface area contributed by atoms with Crippen molar-refractivity contribution in [3.63, 3.8) is 0 Å². The zero-order valence-corrected chi connectivity index (χ0v) is 15.7. The molecule has 1 N–H and O–H groups in total. The van der Waals surface area contributed by atoms with Gasteiger partial charge in [-0.3, -0.25) is 9.36 Å². The number of nitrogens with one attached hydrogen (secondary N) is 1. The van der Waals surface area contributed by atoms with Crippen LogP contribution in [0.1, 0.15) is 24.2 Å². The van der Waals surface area contributed by atoms with Crippen molar-refractivity contribution < 1.29 is 0 Å². The summed E-state index contributed by atoms with van der Waals surface area (Å²) in [4.78, 5) is 33.8. The molecule has 5 rings (SSSR count). The van der Waals surface area contributed by atoms with E-state index in [0.717, 1.165) is 39.4 Å². The number of aryl methyl sites for hydroxylation is 1. The third-order valence-corrected chi connectivity index (χ3v) is 5.90. The number of rotatable bonds is 5. The maximum Gasteiger partial charge on any atom is 0.261 e. The molecule has 4 aromatic rings. The van der Waals surface area contributed by atoms with Crippen LogP contribution >= 0.6 is 11.8 Å². The summed E-state index contributed by atoms with van der Waals surface area (Å²) in [5.41, 5.74) is 3.26. The van der Waals surface area contributed by atoms with Crippen molar-refractivity contribution in [1.29, 1.82) is 0 Å². The molecule has 8 heteroatoms. The number of fused-ring (bicyclic) bond motifs is 2. The fourth-order valence-corrected chi connectivity index (χ4v) is 4.21. The lowest BCUT2D eigenvalue weighted by Crippen LogP contribution is -2.26. The summed E-state index contributed by atoms with van der Waals surface area (Å²) in [7, 11) is 0. The molecule has 1 aliphatic carbocycles. The summed E-state index contributed by atoms with van der Waals surface area (Å²) in [6.07, 6.45) is 5.51. The van der Waals surface area contributed by atoms with E-state index in [2.05, 4.69) is 19.9 Å². The Balaban J connectivity index is 1.57. The van der Waals surface area contributed by atoms with Crippen LogP contribution in [0.4, 0.5) is 0 Å². The van der Waals surface area contributed by atoms with Crippen LogP contribution in [0.5, 0.6) is 0 Å². The highest BCUT2D eigenvalue weighted by Crippen LogP contribution is 2.32. The molecule has 1 aromatic carbocycles. The number of H-pyrrole nitrogens is 1. The summed E-state index contributed by atoms with van der Waals surface area (Å²) in [6, 6.07) is 5.83. The van der Waals surface area contributed by atoms with Gasteiger partial charge in [0.25, 0.3) is 5.56 Å². The van der Waals surface area contributed by atoms with E-state index in [-0.39, 0.29) is 5.56 Å². The van der Waals surface area contributed by atoms with Gasteiger partial charge in [-0.25, -0.2) is 19.9 Å². The Hall–Kier alpha value is -2.74. The Bertz CT molecular complexity index is 1210.